The lowest BCUT2D eigenvalue weighted by atomic mass is 9.98. The highest BCUT2D eigenvalue weighted by atomic mass is 16.4. The largest absolute Gasteiger partial charge is 0.481 e. The third-order valence-electron chi connectivity index (χ3n) is 5.86. The van der Waals surface area contributed by atoms with Crippen LogP contribution in [0.1, 0.15) is 38.2 Å². The molecule has 2 N–H and O–H groups in total. The molecule has 0 amide bonds. The van der Waals surface area contributed by atoms with Gasteiger partial charge in [0.05, 0.1) is 17.3 Å². The monoisotopic (exact) mass is 419 g/mol. The Balaban J connectivity index is 1.58. The molecule has 5 nitrogen and oxygen atoms in total. The highest BCUT2D eigenvalue weighted by Crippen LogP contribution is 2.21. The van der Waals surface area contributed by atoms with E-state index in [2.05, 4.69) is 65.1 Å². The van der Waals surface area contributed by atoms with E-state index < -0.39 is 5.97 Å². The average Bonchev–Trinajstić information content (AvgIpc) is 2.79. The van der Waals surface area contributed by atoms with Crippen molar-refractivity contribution in [3.8, 4) is 0 Å². The lowest BCUT2D eigenvalue weighted by molar-refractivity contribution is -0.143. The Morgan fingerprint density at radius 2 is 2.10 bits per heavy atom. The first-order valence-corrected chi connectivity index (χ1v) is 11.0. The van der Waals surface area contributed by atoms with Crippen molar-refractivity contribution in [2.45, 2.75) is 39.2 Å². The molecule has 1 aliphatic heterocycles. The number of benzene rings is 1. The summed E-state index contributed by atoms with van der Waals surface area (Å²) in [6, 6.07) is 8.24. The van der Waals surface area contributed by atoms with Crippen molar-refractivity contribution in [2.24, 2.45) is 10.9 Å². The van der Waals surface area contributed by atoms with Gasteiger partial charge >= 0.3 is 5.97 Å². The number of carboxylic acids is 1. The highest BCUT2D eigenvalue weighted by molar-refractivity contribution is 6.10. The molecular weight excluding hydrogens is 386 g/mol. The molecular formula is C26H33N3O2. The van der Waals surface area contributed by atoms with Gasteiger partial charge in [-0.05, 0) is 74.1 Å². The summed E-state index contributed by atoms with van der Waals surface area (Å²) in [7, 11) is 1.78. The van der Waals surface area contributed by atoms with Crippen molar-refractivity contribution in [3.63, 3.8) is 0 Å². The zero-order chi connectivity index (χ0) is 22.2. The van der Waals surface area contributed by atoms with Crippen LogP contribution in [0.5, 0.6) is 0 Å². The summed E-state index contributed by atoms with van der Waals surface area (Å²) >= 11 is 0. The van der Waals surface area contributed by atoms with Gasteiger partial charge in [0.25, 0.3) is 0 Å². The fourth-order valence-electron chi connectivity index (χ4n) is 4.07. The van der Waals surface area contributed by atoms with Gasteiger partial charge in [0, 0.05) is 25.8 Å². The summed E-state index contributed by atoms with van der Waals surface area (Å²) in [6.07, 6.45) is 12.6. The van der Waals surface area contributed by atoms with Gasteiger partial charge in [0.1, 0.15) is 0 Å². The first-order chi connectivity index (χ1) is 15.0. The number of hydrogen-bond acceptors (Lipinski definition) is 4. The van der Waals surface area contributed by atoms with Crippen LogP contribution in [0, 0.1) is 5.92 Å². The third-order valence-corrected chi connectivity index (χ3v) is 5.86. The molecule has 1 fully saturated rings. The van der Waals surface area contributed by atoms with Crippen molar-refractivity contribution in [2.75, 3.05) is 25.5 Å². The molecule has 0 aromatic heterocycles. The van der Waals surface area contributed by atoms with E-state index in [0.717, 1.165) is 55.9 Å². The zero-order valence-corrected chi connectivity index (χ0v) is 18.6. The predicted octanol–water partition coefficient (Wildman–Crippen LogP) is 5.20. The first kappa shape index (κ1) is 22.8. The molecule has 0 saturated carbocycles. The van der Waals surface area contributed by atoms with Gasteiger partial charge in [-0.2, -0.15) is 0 Å². The van der Waals surface area contributed by atoms with Crippen LogP contribution in [0.3, 0.4) is 0 Å². The van der Waals surface area contributed by atoms with E-state index in [1.165, 1.54) is 16.7 Å². The maximum Gasteiger partial charge on any atom is 0.307 e. The molecule has 1 aromatic carbocycles. The number of nitrogens with zero attached hydrogens (tertiary/aromatic N) is 2. The number of aliphatic carboxylic acids is 1. The topological polar surface area (TPSA) is 64.9 Å². The Hall–Kier alpha value is -2.92. The SMILES string of the molecule is C=C(Nc1ccc(CN2CCCC(C(=O)O)C2)cc1)C(/C=C(\C)C1=CCCC=C1)=NC. The normalized spacial score (nSPS) is 20.3. The first-order valence-electron chi connectivity index (χ1n) is 11.0. The van der Waals surface area contributed by atoms with Crippen LogP contribution in [-0.2, 0) is 11.3 Å². The molecule has 0 spiro atoms. The number of likely N-dealkylation sites (tertiary alicyclic amines) is 1. The minimum Gasteiger partial charge on any atom is -0.481 e. The van der Waals surface area contributed by atoms with Crippen molar-refractivity contribution >= 4 is 17.4 Å². The van der Waals surface area contributed by atoms with Crippen LogP contribution in [0.2, 0.25) is 0 Å². The van der Waals surface area contributed by atoms with Crippen molar-refractivity contribution in [1.29, 1.82) is 0 Å². The lowest BCUT2D eigenvalue weighted by Gasteiger charge is -2.30. The fraction of sp³-hybridized carbons (Fsp3) is 0.385. The summed E-state index contributed by atoms with van der Waals surface area (Å²) in [5, 5.41) is 12.6. The molecule has 2 aliphatic rings. The van der Waals surface area contributed by atoms with E-state index in [4.69, 9.17) is 0 Å². The number of allylic oxidation sites excluding steroid dienone is 6. The van der Waals surface area contributed by atoms with Crippen LogP contribution in [0.25, 0.3) is 0 Å². The number of piperidine rings is 1. The Bertz CT molecular complexity index is 922. The average molecular weight is 420 g/mol. The van der Waals surface area contributed by atoms with E-state index in [0.29, 0.717) is 6.54 Å². The number of aliphatic imine (C=N–C) groups is 1. The van der Waals surface area contributed by atoms with Crippen molar-refractivity contribution < 1.29 is 9.90 Å². The number of carbonyl (C=O) groups is 1. The number of anilines is 1. The molecule has 1 aromatic rings. The number of carboxylic acid groups (broad SMARTS) is 1. The molecule has 3 rings (SSSR count). The van der Waals surface area contributed by atoms with Gasteiger partial charge in [-0.1, -0.05) is 36.9 Å². The maximum absolute atomic E-state index is 11.3. The smallest absolute Gasteiger partial charge is 0.307 e. The number of hydrogen-bond donors (Lipinski definition) is 2. The summed E-state index contributed by atoms with van der Waals surface area (Å²) in [5.74, 6) is -0.933. The molecule has 1 atom stereocenters. The van der Waals surface area contributed by atoms with E-state index in [9.17, 15) is 9.90 Å². The molecule has 1 saturated heterocycles. The van der Waals surface area contributed by atoms with Gasteiger partial charge in [0.2, 0.25) is 0 Å². The second-order valence-electron chi connectivity index (χ2n) is 8.29. The quantitative estimate of drug-likeness (QED) is 0.568. The highest BCUT2D eigenvalue weighted by Gasteiger charge is 2.25. The summed E-state index contributed by atoms with van der Waals surface area (Å²) in [4.78, 5) is 17.9. The molecule has 1 unspecified atom stereocenters. The molecule has 164 valence electrons. The molecule has 1 aliphatic carbocycles. The van der Waals surface area contributed by atoms with Crippen LogP contribution < -0.4 is 5.32 Å². The van der Waals surface area contributed by atoms with Gasteiger partial charge in [-0.3, -0.25) is 14.7 Å². The molecule has 5 heteroatoms. The molecule has 0 bridgehead atoms. The van der Waals surface area contributed by atoms with Gasteiger partial charge in [0.15, 0.2) is 0 Å². The Morgan fingerprint density at radius 1 is 1.32 bits per heavy atom. The second kappa shape index (κ2) is 10.9. The summed E-state index contributed by atoms with van der Waals surface area (Å²) < 4.78 is 0. The Morgan fingerprint density at radius 3 is 2.74 bits per heavy atom. The van der Waals surface area contributed by atoms with Gasteiger partial charge in [-0.15, -0.1) is 0 Å². The Kier molecular flexibility index (Phi) is 8.01. The standard InChI is InChI=1S/C26H33N3O2/c1-19(22-8-5-4-6-9-22)16-25(27-3)20(2)28-24-13-11-21(12-14-24)17-29-15-7-10-23(18-29)26(30)31/h5,8-9,11-14,16,23,28H,2,4,6-7,10,15,17-18H2,1,3H3,(H,30,31)/b19-16+,27-25?. The number of nitrogens with one attached hydrogen (secondary N) is 1. The second-order valence-corrected chi connectivity index (χ2v) is 8.29. The predicted molar refractivity (Wildman–Crippen MR) is 128 cm³/mol. The van der Waals surface area contributed by atoms with Crippen LogP contribution in [0.4, 0.5) is 5.69 Å². The minimum atomic E-state index is -0.684. The minimum absolute atomic E-state index is 0.249. The Labute approximate surface area is 185 Å². The van der Waals surface area contributed by atoms with E-state index in [-0.39, 0.29) is 5.92 Å². The van der Waals surface area contributed by atoms with Crippen LogP contribution >= 0.6 is 0 Å². The summed E-state index contributed by atoms with van der Waals surface area (Å²) in [6.45, 7) is 8.63. The van der Waals surface area contributed by atoms with Gasteiger partial charge in [-0.25, -0.2) is 0 Å². The van der Waals surface area contributed by atoms with E-state index in [1.54, 1.807) is 7.05 Å². The molecule has 0 radical (unpaired) electrons. The maximum atomic E-state index is 11.3. The van der Waals surface area contributed by atoms with Crippen LogP contribution in [-0.4, -0.2) is 41.8 Å². The van der Waals surface area contributed by atoms with Crippen molar-refractivity contribution in [3.05, 3.63) is 77.6 Å². The number of rotatable bonds is 8. The lowest BCUT2D eigenvalue weighted by Crippen LogP contribution is -2.38. The van der Waals surface area contributed by atoms with Crippen molar-refractivity contribution in [1.82, 2.24) is 4.90 Å². The van der Waals surface area contributed by atoms with E-state index >= 15 is 0 Å². The summed E-state index contributed by atoms with van der Waals surface area (Å²) in [5.41, 5.74) is 6.14. The molecule has 1 heterocycles. The van der Waals surface area contributed by atoms with Gasteiger partial charge < -0.3 is 10.4 Å². The van der Waals surface area contributed by atoms with E-state index in [1.807, 2.05) is 12.1 Å². The molecule has 31 heavy (non-hydrogen) atoms. The van der Waals surface area contributed by atoms with Crippen LogP contribution in [0.15, 0.2) is 77.0 Å². The fourth-order valence-corrected chi connectivity index (χ4v) is 4.07. The third kappa shape index (κ3) is 6.53. The zero-order valence-electron chi connectivity index (χ0n) is 18.6.